The van der Waals surface area contributed by atoms with Gasteiger partial charge < -0.3 is 5.32 Å². The predicted octanol–water partition coefficient (Wildman–Crippen LogP) is 3.26. The molecule has 0 fully saturated rings. The summed E-state index contributed by atoms with van der Waals surface area (Å²) in [7, 11) is 0. The van der Waals surface area contributed by atoms with Gasteiger partial charge in [0.15, 0.2) is 11.3 Å². The summed E-state index contributed by atoms with van der Waals surface area (Å²) < 4.78 is 1.59. The van der Waals surface area contributed by atoms with Crippen LogP contribution in [0, 0.1) is 13.8 Å². The van der Waals surface area contributed by atoms with Gasteiger partial charge in [0.25, 0.3) is 5.91 Å². The van der Waals surface area contributed by atoms with E-state index >= 15 is 0 Å². The standard InChI is InChI=1S/C21H19N5O/c1-14-6-7-15(2)17(11-14)20(16-5-3-8-22-13-16)24-21(27)18-12-19-23-9-4-10-26(19)25-18/h3-13,20H,1-2H3,(H,24,27)/t20-/m0/s1. The quantitative estimate of drug-likeness (QED) is 0.608. The number of hydrogen-bond donors (Lipinski definition) is 1. The fourth-order valence-corrected chi connectivity index (χ4v) is 3.10. The van der Waals surface area contributed by atoms with Gasteiger partial charge in [0.1, 0.15) is 0 Å². The van der Waals surface area contributed by atoms with Gasteiger partial charge in [-0.05, 0) is 42.7 Å². The molecule has 0 aliphatic carbocycles. The Morgan fingerprint density at radius 1 is 1.11 bits per heavy atom. The minimum atomic E-state index is -0.316. The van der Waals surface area contributed by atoms with Crippen LogP contribution in [0.5, 0.6) is 0 Å². The van der Waals surface area contributed by atoms with Crippen molar-refractivity contribution in [1.29, 1.82) is 0 Å². The summed E-state index contributed by atoms with van der Waals surface area (Å²) in [4.78, 5) is 21.4. The lowest BCUT2D eigenvalue weighted by atomic mass is 9.94. The second kappa shape index (κ2) is 6.99. The summed E-state index contributed by atoms with van der Waals surface area (Å²) in [6.45, 7) is 4.08. The molecule has 1 N–H and O–H groups in total. The second-order valence-electron chi connectivity index (χ2n) is 6.50. The van der Waals surface area contributed by atoms with Crippen molar-refractivity contribution >= 4 is 11.6 Å². The normalized spacial score (nSPS) is 12.1. The van der Waals surface area contributed by atoms with Crippen molar-refractivity contribution in [1.82, 2.24) is 24.9 Å². The van der Waals surface area contributed by atoms with E-state index in [0.717, 1.165) is 22.3 Å². The van der Waals surface area contributed by atoms with E-state index in [1.165, 1.54) is 0 Å². The molecule has 0 radical (unpaired) electrons. The first-order valence-electron chi connectivity index (χ1n) is 8.70. The van der Waals surface area contributed by atoms with E-state index in [2.05, 4.69) is 38.6 Å². The number of carbonyl (C=O) groups excluding carboxylic acids is 1. The molecule has 6 heteroatoms. The molecular formula is C21H19N5O. The molecule has 1 amide bonds. The van der Waals surface area contributed by atoms with Crippen LogP contribution < -0.4 is 5.32 Å². The highest BCUT2D eigenvalue weighted by atomic mass is 16.2. The van der Waals surface area contributed by atoms with Crippen LogP contribution in [0.25, 0.3) is 5.65 Å². The second-order valence-corrected chi connectivity index (χ2v) is 6.50. The van der Waals surface area contributed by atoms with Gasteiger partial charge in [-0.2, -0.15) is 5.10 Å². The summed E-state index contributed by atoms with van der Waals surface area (Å²) in [6.07, 6.45) is 6.94. The Morgan fingerprint density at radius 2 is 2.00 bits per heavy atom. The van der Waals surface area contributed by atoms with Gasteiger partial charge in [-0.1, -0.05) is 29.8 Å². The van der Waals surface area contributed by atoms with E-state index in [1.54, 1.807) is 41.4 Å². The van der Waals surface area contributed by atoms with Crippen molar-refractivity contribution in [2.24, 2.45) is 0 Å². The summed E-state index contributed by atoms with van der Waals surface area (Å²) >= 11 is 0. The lowest BCUT2D eigenvalue weighted by molar-refractivity contribution is 0.0937. The molecule has 6 nitrogen and oxygen atoms in total. The fraction of sp³-hybridized carbons (Fsp3) is 0.143. The van der Waals surface area contributed by atoms with E-state index in [1.807, 2.05) is 26.0 Å². The minimum absolute atomic E-state index is 0.254. The molecule has 4 aromatic rings. The number of nitrogens with one attached hydrogen (secondary N) is 1. The molecule has 0 bridgehead atoms. The summed E-state index contributed by atoms with van der Waals surface area (Å²) in [6, 6.07) is 13.2. The number of hydrogen-bond acceptors (Lipinski definition) is 4. The first-order valence-corrected chi connectivity index (χ1v) is 8.70. The van der Waals surface area contributed by atoms with E-state index in [4.69, 9.17) is 0 Å². The van der Waals surface area contributed by atoms with E-state index in [-0.39, 0.29) is 11.9 Å². The number of rotatable bonds is 4. The van der Waals surface area contributed by atoms with Crippen molar-refractivity contribution < 1.29 is 4.79 Å². The zero-order valence-corrected chi connectivity index (χ0v) is 15.1. The van der Waals surface area contributed by atoms with Crippen LogP contribution in [-0.2, 0) is 0 Å². The summed E-state index contributed by atoms with van der Waals surface area (Å²) in [5.41, 5.74) is 5.15. The van der Waals surface area contributed by atoms with Crippen LogP contribution in [0.3, 0.4) is 0 Å². The van der Waals surface area contributed by atoms with Crippen molar-refractivity contribution in [2.45, 2.75) is 19.9 Å². The Bertz CT molecular complexity index is 1070. The van der Waals surface area contributed by atoms with Crippen molar-refractivity contribution in [2.75, 3.05) is 0 Å². The van der Waals surface area contributed by atoms with Crippen molar-refractivity contribution in [3.8, 4) is 0 Å². The van der Waals surface area contributed by atoms with Gasteiger partial charge in [0.2, 0.25) is 0 Å². The van der Waals surface area contributed by atoms with Gasteiger partial charge >= 0.3 is 0 Å². The van der Waals surface area contributed by atoms with Crippen LogP contribution in [0.15, 0.2) is 67.3 Å². The number of pyridine rings is 1. The monoisotopic (exact) mass is 357 g/mol. The first kappa shape index (κ1) is 16.9. The molecule has 0 unspecified atom stereocenters. The maximum atomic E-state index is 12.9. The molecule has 1 atom stereocenters. The zero-order chi connectivity index (χ0) is 18.8. The van der Waals surface area contributed by atoms with Gasteiger partial charge in [0.05, 0.1) is 6.04 Å². The summed E-state index contributed by atoms with van der Waals surface area (Å²) in [5.74, 6) is -0.254. The van der Waals surface area contributed by atoms with Crippen LogP contribution in [0.2, 0.25) is 0 Å². The molecule has 0 saturated heterocycles. The smallest absolute Gasteiger partial charge is 0.272 e. The molecule has 0 saturated carbocycles. The number of fused-ring (bicyclic) bond motifs is 1. The molecule has 27 heavy (non-hydrogen) atoms. The van der Waals surface area contributed by atoms with Crippen LogP contribution in [0.1, 0.15) is 38.8 Å². The number of carbonyl (C=O) groups is 1. The molecule has 0 spiro atoms. The topological polar surface area (TPSA) is 72.2 Å². The van der Waals surface area contributed by atoms with Gasteiger partial charge in [-0.25, -0.2) is 9.50 Å². The molecule has 134 valence electrons. The highest BCUT2D eigenvalue weighted by molar-refractivity contribution is 5.93. The third-order valence-electron chi connectivity index (χ3n) is 4.51. The maximum Gasteiger partial charge on any atom is 0.272 e. The molecule has 0 aliphatic heterocycles. The number of aryl methyl sites for hydroxylation is 2. The largest absolute Gasteiger partial charge is 0.340 e. The Hall–Kier alpha value is -3.54. The number of aromatic nitrogens is 4. The van der Waals surface area contributed by atoms with Crippen molar-refractivity contribution in [3.63, 3.8) is 0 Å². The highest BCUT2D eigenvalue weighted by Gasteiger charge is 2.21. The van der Waals surface area contributed by atoms with E-state index in [0.29, 0.717) is 11.3 Å². The third kappa shape index (κ3) is 3.42. The Morgan fingerprint density at radius 3 is 2.78 bits per heavy atom. The Balaban J connectivity index is 1.72. The molecule has 3 heterocycles. The lowest BCUT2D eigenvalue weighted by Gasteiger charge is -2.21. The average molecular weight is 357 g/mol. The van der Waals surface area contributed by atoms with Gasteiger partial charge in [0, 0.05) is 30.9 Å². The minimum Gasteiger partial charge on any atom is -0.340 e. The molecule has 3 aromatic heterocycles. The lowest BCUT2D eigenvalue weighted by Crippen LogP contribution is -2.30. The maximum absolute atomic E-state index is 12.9. The Labute approximate surface area is 156 Å². The predicted molar refractivity (Wildman–Crippen MR) is 102 cm³/mol. The van der Waals surface area contributed by atoms with E-state index in [9.17, 15) is 4.79 Å². The van der Waals surface area contributed by atoms with Crippen molar-refractivity contribution in [3.05, 3.63) is 95.2 Å². The zero-order valence-electron chi connectivity index (χ0n) is 15.1. The van der Waals surface area contributed by atoms with Crippen LogP contribution >= 0.6 is 0 Å². The number of amides is 1. The SMILES string of the molecule is Cc1ccc(C)c([C@@H](NC(=O)c2cc3ncccn3n2)c2cccnc2)c1. The van der Waals surface area contributed by atoms with Gasteiger partial charge in [-0.15, -0.1) is 0 Å². The number of nitrogens with zero attached hydrogens (tertiary/aromatic N) is 4. The van der Waals surface area contributed by atoms with Gasteiger partial charge in [-0.3, -0.25) is 9.78 Å². The van der Waals surface area contributed by atoms with E-state index < -0.39 is 0 Å². The first-order chi connectivity index (χ1) is 13.1. The molecule has 0 aliphatic rings. The summed E-state index contributed by atoms with van der Waals surface area (Å²) in [5, 5.41) is 7.43. The number of benzene rings is 1. The highest BCUT2D eigenvalue weighted by Crippen LogP contribution is 2.26. The average Bonchev–Trinajstić information content (AvgIpc) is 3.13. The third-order valence-corrected chi connectivity index (χ3v) is 4.51. The molecule has 4 rings (SSSR count). The fourth-order valence-electron chi connectivity index (χ4n) is 3.10. The van der Waals surface area contributed by atoms with Crippen LogP contribution in [0.4, 0.5) is 0 Å². The van der Waals surface area contributed by atoms with Crippen LogP contribution in [-0.4, -0.2) is 25.5 Å². The molecule has 1 aromatic carbocycles. The molecular weight excluding hydrogens is 338 g/mol. The Kier molecular flexibility index (Phi) is 4.38.